The van der Waals surface area contributed by atoms with Crippen LogP contribution in [0.1, 0.15) is 10.4 Å². The maximum Gasteiger partial charge on any atom is 0.222 e. The van der Waals surface area contributed by atoms with Gasteiger partial charge in [-0.15, -0.1) is 0 Å². The van der Waals surface area contributed by atoms with E-state index >= 15 is 0 Å². The van der Waals surface area contributed by atoms with Crippen LogP contribution in [0, 0.1) is 5.41 Å². The Morgan fingerprint density at radius 1 is 1.27 bits per heavy atom. The summed E-state index contributed by atoms with van der Waals surface area (Å²) >= 11 is 5.20. The summed E-state index contributed by atoms with van der Waals surface area (Å²) in [6, 6.07) is 8.51. The molecule has 0 saturated carbocycles. The van der Waals surface area contributed by atoms with E-state index in [9.17, 15) is 4.79 Å². The highest BCUT2D eigenvalue weighted by Gasteiger charge is 2.07. The Bertz CT molecular complexity index is 281. The standard InChI is InChI=1S/C8H6ClNO/c9-8(10)7(11)6-4-2-1-3-5-6/h1-5,10H. The van der Waals surface area contributed by atoms with Crippen molar-refractivity contribution in [3.05, 3.63) is 35.9 Å². The van der Waals surface area contributed by atoms with Crippen LogP contribution in [0.2, 0.25) is 0 Å². The number of carbonyl (C=O) groups excluding carboxylic acids is 1. The molecule has 0 aromatic heterocycles. The monoisotopic (exact) mass is 167 g/mol. The summed E-state index contributed by atoms with van der Waals surface area (Å²) in [4.78, 5) is 11.0. The zero-order valence-electron chi connectivity index (χ0n) is 5.67. The number of hydrogen-bond donors (Lipinski definition) is 1. The molecule has 11 heavy (non-hydrogen) atoms. The average molecular weight is 168 g/mol. The Morgan fingerprint density at radius 3 is 2.27 bits per heavy atom. The Hall–Kier alpha value is -1.15. The van der Waals surface area contributed by atoms with Crippen LogP contribution in [-0.2, 0) is 0 Å². The maximum absolute atomic E-state index is 11.0. The quantitative estimate of drug-likeness (QED) is 0.532. The van der Waals surface area contributed by atoms with Gasteiger partial charge in [-0.3, -0.25) is 10.2 Å². The zero-order chi connectivity index (χ0) is 8.27. The van der Waals surface area contributed by atoms with E-state index in [2.05, 4.69) is 0 Å². The average Bonchev–Trinajstić information content (AvgIpc) is 2.05. The first-order valence-corrected chi connectivity index (χ1v) is 3.43. The lowest BCUT2D eigenvalue weighted by Crippen LogP contribution is -2.05. The lowest BCUT2D eigenvalue weighted by Gasteiger charge is -1.93. The normalized spacial score (nSPS) is 9.18. The summed E-state index contributed by atoms with van der Waals surface area (Å²) in [5.74, 6) is -0.438. The van der Waals surface area contributed by atoms with Crippen molar-refractivity contribution in [2.24, 2.45) is 0 Å². The number of carbonyl (C=O) groups is 1. The minimum atomic E-state index is -0.448. The molecule has 0 spiro atoms. The predicted molar refractivity (Wildman–Crippen MR) is 44.4 cm³/mol. The van der Waals surface area contributed by atoms with Gasteiger partial charge in [0.05, 0.1) is 0 Å². The van der Waals surface area contributed by atoms with Crippen LogP contribution < -0.4 is 0 Å². The van der Waals surface area contributed by atoms with Gasteiger partial charge >= 0.3 is 0 Å². The number of hydrogen-bond acceptors (Lipinski definition) is 2. The fourth-order valence-corrected chi connectivity index (χ4v) is 0.825. The SMILES string of the molecule is N=C(Cl)C(=O)c1ccccc1. The van der Waals surface area contributed by atoms with E-state index in [1.807, 2.05) is 0 Å². The van der Waals surface area contributed by atoms with Gasteiger partial charge in [-0.05, 0) is 0 Å². The van der Waals surface area contributed by atoms with Gasteiger partial charge in [-0.2, -0.15) is 0 Å². The topological polar surface area (TPSA) is 40.9 Å². The summed E-state index contributed by atoms with van der Waals surface area (Å²) in [5.41, 5.74) is 0.451. The molecule has 2 nitrogen and oxygen atoms in total. The molecular weight excluding hydrogens is 162 g/mol. The van der Waals surface area contributed by atoms with E-state index in [0.29, 0.717) is 5.56 Å². The van der Waals surface area contributed by atoms with E-state index in [4.69, 9.17) is 17.0 Å². The summed E-state index contributed by atoms with van der Waals surface area (Å²) in [6.07, 6.45) is 0. The van der Waals surface area contributed by atoms with Crippen molar-refractivity contribution in [1.29, 1.82) is 5.41 Å². The van der Waals surface area contributed by atoms with Crippen molar-refractivity contribution in [3.8, 4) is 0 Å². The van der Waals surface area contributed by atoms with Gasteiger partial charge < -0.3 is 0 Å². The van der Waals surface area contributed by atoms with E-state index in [1.165, 1.54) is 0 Å². The fourth-order valence-electron chi connectivity index (χ4n) is 0.716. The number of benzene rings is 1. The van der Waals surface area contributed by atoms with Crippen molar-refractivity contribution >= 4 is 22.6 Å². The molecule has 0 saturated heterocycles. The van der Waals surface area contributed by atoms with Crippen LogP contribution in [0.25, 0.3) is 0 Å². The van der Waals surface area contributed by atoms with Crippen LogP contribution in [0.3, 0.4) is 0 Å². The number of halogens is 1. The van der Waals surface area contributed by atoms with Crippen LogP contribution in [0.15, 0.2) is 30.3 Å². The fraction of sp³-hybridized carbons (Fsp3) is 0. The van der Waals surface area contributed by atoms with Gasteiger partial charge in [-0.1, -0.05) is 41.9 Å². The second kappa shape index (κ2) is 3.30. The third kappa shape index (κ3) is 1.88. The minimum Gasteiger partial charge on any atom is -0.286 e. The smallest absolute Gasteiger partial charge is 0.222 e. The van der Waals surface area contributed by atoms with Crippen molar-refractivity contribution in [1.82, 2.24) is 0 Å². The summed E-state index contributed by atoms with van der Waals surface area (Å²) in [6.45, 7) is 0. The van der Waals surface area contributed by atoms with E-state index < -0.39 is 11.0 Å². The molecule has 3 heteroatoms. The number of nitrogens with one attached hydrogen (secondary N) is 1. The van der Waals surface area contributed by atoms with Gasteiger partial charge in [-0.25, -0.2) is 0 Å². The maximum atomic E-state index is 11.0. The van der Waals surface area contributed by atoms with Crippen molar-refractivity contribution in [3.63, 3.8) is 0 Å². The molecule has 0 bridgehead atoms. The van der Waals surface area contributed by atoms with Gasteiger partial charge in [0.1, 0.15) is 0 Å². The van der Waals surface area contributed by atoms with Gasteiger partial charge in [0.25, 0.3) is 0 Å². The molecule has 1 N–H and O–H groups in total. The van der Waals surface area contributed by atoms with E-state index in [1.54, 1.807) is 30.3 Å². The molecule has 0 atom stereocenters. The summed E-state index contributed by atoms with van der Waals surface area (Å²) < 4.78 is 0. The molecule has 0 heterocycles. The first-order chi connectivity index (χ1) is 5.22. The van der Waals surface area contributed by atoms with Gasteiger partial charge in [0, 0.05) is 5.56 Å². The third-order valence-corrected chi connectivity index (χ3v) is 1.41. The first-order valence-electron chi connectivity index (χ1n) is 3.05. The molecule has 0 radical (unpaired) electrons. The molecule has 1 rings (SSSR count). The number of ketones is 1. The van der Waals surface area contributed by atoms with Crippen molar-refractivity contribution in [2.75, 3.05) is 0 Å². The molecule has 0 unspecified atom stereocenters. The van der Waals surface area contributed by atoms with Crippen LogP contribution >= 0.6 is 11.6 Å². The Morgan fingerprint density at radius 2 is 1.82 bits per heavy atom. The van der Waals surface area contributed by atoms with Crippen molar-refractivity contribution in [2.45, 2.75) is 0 Å². The Balaban J connectivity index is 2.95. The first kappa shape index (κ1) is 7.95. The number of rotatable bonds is 2. The summed E-state index contributed by atoms with van der Waals surface area (Å²) in [7, 11) is 0. The Kier molecular flexibility index (Phi) is 2.39. The molecule has 1 aromatic carbocycles. The molecule has 0 fully saturated rings. The number of Topliss-reactive ketones (excluding diaryl/α,β-unsaturated/α-hetero) is 1. The molecule has 56 valence electrons. The molecule has 0 aliphatic heterocycles. The molecule has 0 amide bonds. The lowest BCUT2D eigenvalue weighted by atomic mass is 10.1. The van der Waals surface area contributed by atoms with E-state index in [0.717, 1.165) is 0 Å². The van der Waals surface area contributed by atoms with Gasteiger partial charge in [0.15, 0.2) is 5.17 Å². The molecular formula is C8H6ClNO. The minimum absolute atomic E-state index is 0.438. The Labute approximate surface area is 69.3 Å². The largest absolute Gasteiger partial charge is 0.286 e. The molecule has 0 aliphatic carbocycles. The highest BCUT2D eigenvalue weighted by molar-refractivity contribution is 6.84. The third-order valence-electron chi connectivity index (χ3n) is 1.24. The van der Waals surface area contributed by atoms with Crippen molar-refractivity contribution < 1.29 is 4.79 Å². The highest BCUT2D eigenvalue weighted by Crippen LogP contribution is 2.01. The zero-order valence-corrected chi connectivity index (χ0v) is 6.43. The predicted octanol–water partition coefficient (Wildman–Crippen LogP) is 2.09. The summed E-state index contributed by atoms with van der Waals surface area (Å²) in [5, 5.41) is 6.41. The highest BCUT2D eigenvalue weighted by atomic mass is 35.5. The van der Waals surface area contributed by atoms with Crippen LogP contribution in [0.4, 0.5) is 0 Å². The second-order valence-corrected chi connectivity index (χ2v) is 2.39. The lowest BCUT2D eigenvalue weighted by molar-refractivity contribution is 0.106. The molecule has 0 aliphatic rings. The molecule has 1 aromatic rings. The second-order valence-electron chi connectivity index (χ2n) is 2.01. The van der Waals surface area contributed by atoms with Crippen LogP contribution in [-0.4, -0.2) is 11.0 Å². The van der Waals surface area contributed by atoms with E-state index in [-0.39, 0.29) is 0 Å². The van der Waals surface area contributed by atoms with Crippen LogP contribution in [0.5, 0.6) is 0 Å². The van der Waals surface area contributed by atoms with Gasteiger partial charge in [0.2, 0.25) is 5.78 Å².